The average molecular weight is 449 g/mol. The van der Waals surface area contributed by atoms with Gasteiger partial charge in [0.25, 0.3) is 0 Å². The third-order valence-electron chi connectivity index (χ3n) is 5.48. The van der Waals surface area contributed by atoms with Crippen LogP contribution >= 0.6 is 15.9 Å². The SMILES string of the molecule is CC.CCCC.CCc1c(Br)c2c(c3ccc(N4CCC(C)C4)nc13)COC2. The van der Waals surface area contributed by atoms with E-state index in [4.69, 9.17) is 9.72 Å². The van der Waals surface area contributed by atoms with Crippen molar-refractivity contribution in [3.05, 3.63) is 33.3 Å². The molecule has 1 aromatic heterocycles. The summed E-state index contributed by atoms with van der Waals surface area (Å²) in [7, 11) is 0. The molecule has 3 heterocycles. The van der Waals surface area contributed by atoms with E-state index in [0.29, 0.717) is 13.2 Å². The van der Waals surface area contributed by atoms with E-state index in [2.05, 4.69) is 60.7 Å². The number of benzene rings is 1. The average Bonchev–Trinajstić information content (AvgIpc) is 3.39. The Morgan fingerprint density at radius 2 is 1.79 bits per heavy atom. The van der Waals surface area contributed by atoms with Gasteiger partial charge in [0.1, 0.15) is 5.82 Å². The second kappa shape index (κ2) is 11.2. The molecule has 0 amide bonds. The number of unbranched alkanes of at least 4 members (excludes halogenated alkanes) is 1. The number of anilines is 1. The molecule has 1 fully saturated rings. The quantitative estimate of drug-likeness (QED) is 0.493. The molecule has 4 heteroatoms. The van der Waals surface area contributed by atoms with Crippen LogP contribution in [0, 0.1) is 5.92 Å². The summed E-state index contributed by atoms with van der Waals surface area (Å²) < 4.78 is 6.88. The van der Waals surface area contributed by atoms with Gasteiger partial charge >= 0.3 is 0 Å². The molecule has 2 aromatic rings. The number of ether oxygens (including phenoxy) is 1. The Kier molecular flexibility index (Phi) is 9.23. The van der Waals surface area contributed by atoms with Crippen molar-refractivity contribution in [3.8, 4) is 0 Å². The number of pyridine rings is 1. The fourth-order valence-electron chi connectivity index (χ4n) is 3.72. The van der Waals surface area contributed by atoms with E-state index in [1.165, 1.54) is 45.8 Å². The molecule has 28 heavy (non-hydrogen) atoms. The van der Waals surface area contributed by atoms with Crippen molar-refractivity contribution < 1.29 is 4.74 Å². The summed E-state index contributed by atoms with van der Waals surface area (Å²) in [6, 6.07) is 4.44. The van der Waals surface area contributed by atoms with Crippen LogP contribution in [-0.2, 0) is 24.4 Å². The smallest absolute Gasteiger partial charge is 0.129 e. The van der Waals surface area contributed by atoms with Gasteiger partial charge in [0, 0.05) is 22.9 Å². The molecule has 156 valence electrons. The molecule has 2 aliphatic heterocycles. The highest BCUT2D eigenvalue weighted by molar-refractivity contribution is 9.10. The van der Waals surface area contributed by atoms with Crippen LogP contribution in [0.2, 0.25) is 0 Å². The monoisotopic (exact) mass is 448 g/mol. The summed E-state index contributed by atoms with van der Waals surface area (Å²) >= 11 is 3.80. The first kappa shape index (κ1) is 23.2. The molecular weight excluding hydrogens is 412 g/mol. The van der Waals surface area contributed by atoms with Gasteiger partial charge < -0.3 is 9.64 Å². The Balaban J connectivity index is 0.000000419. The summed E-state index contributed by atoms with van der Waals surface area (Å²) in [4.78, 5) is 7.46. The second-order valence-corrected chi connectivity index (χ2v) is 8.29. The van der Waals surface area contributed by atoms with Crippen LogP contribution in [0.4, 0.5) is 5.82 Å². The topological polar surface area (TPSA) is 25.4 Å². The van der Waals surface area contributed by atoms with E-state index in [-0.39, 0.29) is 0 Å². The van der Waals surface area contributed by atoms with Gasteiger partial charge in [-0.25, -0.2) is 4.98 Å². The van der Waals surface area contributed by atoms with Crippen LogP contribution in [0.1, 0.15) is 77.5 Å². The summed E-state index contributed by atoms with van der Waals surface area (Å²) in [5.74, 6) is 1.89. The van der Waals surface area contributed by atoms with Gasteiger partial charge in [-0.2, -0.15) is 0 Å². The number of hydrogen-bond donors (Lipinski definition) is 0. The summed E-state index contributed by atoms with van der Waals surface area (Å²) in [6.07, 6.45) is 4.89. The molecule has 0 saturated carbocycles. The van der Waals surface area contributed by atoms with Crippen LogP contribution in [0.5, 0.6) is 0 Å². The number of hydrogen-bond acceptors (Lipinski definition) is 3. The Labute approximate surface area is 180 Å². The van der Waals surface area contributed by atoms with Gasteiger partial charge in [0.2, 0.25) is 0 Å². The predicted octanol–water partition coefficient (Wildman–Crippen LogP) is 7.27. The standard InChI is InChI=1S/C18H21BrN2O.C4H10.C2H6/c1-3-12-17(19)15-10-22-9-14(15)13-4-5-16(20-18(12)13)21-7-6-11(2)8-21;1-3-4-2;1-2/h4-5,11H,3,6-10H2,1-2H3;3-4H2,1-2H3;1-2H3. The molecule has 0 aliphatic carbocycles. The number of aromatic nitrogens is 1. The Hall–Kier alpha value is -1.13. The number of aryl methyl sites for hydroxylation is 1. The summed E-state index contributed by atoms with van der Waals surface area (Å²) in [6.45, 7) is 16.5. The van der Waals surface area contributed by atoms with E-state index in [9.17, 15) is 0 Å². The predicted molar refractivity (Wildman–Crippen MR) is 125 cm³/mol. The molecule has 1 unspecified atom stereocenters. The van der Waals surface area contributed by atoms with Crippen molar-refractivity contribution in [2.75, 3.05) is 18.0 Å². The highest BCUT2D eigenvalue weighted by atomic mass is 79.9. The zero-order valence-corrected chi connectivity index (χ0v) is 20.2. The highest BCUT2D eigenvalue weighted by Crippen LogP contribution is 2.38. The molecule has 3 nitrogen and oxygen atoms in total. The molecule has 0 spiro atoms. The molecule has 0 radical (unpaired) electrons. The lowest BCUT2D eigenvalue weighted by Crippen LogP contribution is -2.20. The third kappa shape index (κ3) is 4.88. The number of fused-ring (bicyclic) bond motifs is 3. The molecule has 1 atom stereocenters. The van der Waals surface area contributed by atoms with Crippen molar-refractivity contribution in [1.82, 2.24) is 4.98 Å². The number of halogens is 1. The van der Waals surface area contributed by atoms with Gasteiger partial charge in [0.15, 0.2) is 0 Å². The first-order valence-electron chi connectivity index (χ1n) is 11.1. The van der Waals surface area contributed by atoms with Crippen LogP contribution < -0.4 is 4.90 Å². The molecule has 0 N–H and O–H groups in total. The van der Waals surface area contributed by atoms with E-state index >= 15 is 0 Å². The lowest BCUT2D eigenvalue weighted by atomic mass is 9.98. The maximum absolute atomic E-state index is 5.68. The van der Waals surface area contributed by atoms with Crippen molar-refractivity contribution in [2.45, 2.75) is 80.4 Å². The highest BCUT2D eigenvalue weighted by Gasteiger charge is 2.24. The molecule has 4 rings (SSSR count). The minimum Gasteiger partial charge on any atom is -0.372 e. The fraction of sp³-hybridized carbons (Fsp3) is 0.625. The molecule has 1 aromatic carbocycles. The largest absolute Gasteiger partial charge is 0.372 e. The van der Waals surface area contributed by atoms with Gasteiger partial charge in [-0.1, -0.05) is 70.3 Å². The Morgan fingerprint density at radius 3 is 2.36 bits per heavy atom. The summed E-state index contributed by atoms with van der Waals surface area (Å²) in [5.41, 5.74) is 5.09. The maximum Gasteiger partial charge on any atom is 0.129 e. The third-order valence-corrected chi connectivity index (χ3v) is 6.44. The second-order valence-electron chi connectivity index (χ2n) is 7.50. The summed E-state index contributed by atoms with van der Waals surface area (Å²) in [5, 5.41) is 1.27. The lowest BCUT2D eigenvalue weighted by Gasteiger charge is -2.19. The minimum absolute atomic E-state index is 0.705. The number of rotatable bonds is 3. The van der Waals surface area contributed by atoms with E-state index in [1.54, 1.807) is 0 Å². The maximum atomic E-state index is 5.68. The van der Waals surface area contributed by atoms with Crippen LogP contribution in [-0.4, -0.2) is 18.1 Å². The molecular formula is C24H37BrN2O. The molecule has 1 saturated heterocycles. The normalized spacial score (nSPS) is 17.7. The van der Waals surface area contributed by atoms with Gasteiger partial charge in [0.05, 0.1) is 18.7 Å². The molecule has 0 bridgehead atoms. The zero-order chi connectivity index (χ0) is 20.7. The van der Waals surface area contributed by atoms with Crippen molar-refractivity contribution in [3.63, 3.8) is 0 Å². The van der Waals surface area contributed by atoms with Crippen LogP contribution in [0.15, 0.2) is 16.6 Å². The van der Waals surface area contributed by atoms with Gasteiger partial charge in [-0.3, -0.25) is 0 Å². The fourth-order valence-corrected chi connectivity index (χ4v) is 4.54. The van der Waals surface area contributed by atoms with Crippen LogP contribution in [0.3, 0.4) is 0 Å². The molecule has 2 aliphatic rings. The lowest BCUT2D eigenvalue weighted by molar-refractivity contribution is 0.134. The first-order chi connectivity index (χ1) is 13.6. The van der Waals surface area contributed by atoms with E-state index < -0.39 is 0 Å². The van der Waals surface area contributed by atoms with Crippen molar-refractivity contribution in [2.24, 2.45) is 5.92 Å². The Bertz CT molecular complexity index is 773. The first-order valence-corrected chi connectivity index (χ1v) is 11.8. The van der Waals surface area contributed by atoms with Gasteiger partial charge in [-0.05, 0) is 47.6 Å². The van der Waals surface area contributed by atoms with Crippen molar-refractivity contribution in [1.29, 1.82) is 0 Å². The van der Waals surface area contributed by atoms with E-state index in [0.717, 1.165) is 36.8 Å². The van der Waals surface area contributed by atoms with Crippen LogP contribution in [0.25, 0.3) is 10.9 Å². The van der Waals surface area contributed by atoms with E-state index in [1.807, 2.05) is 13.8 Å². The Morgan fingerprint density at radius 1 is 1.11 bits per heavy atom. The number of nitrogens with zero attached hydrogens (tertiary/aromatic N) is 2. The van der Waals surface area contributed by atoms with Gasteiger partial charge in [-0.15, -0.1) is 0 Å². The minimum atomic E-state index is 0.705. The zero-order valence-electron chi connectivity index (χ0n) is 18.6. The van der Waals surface area contributed by atoms with Crippen molar-refractivity contribution >= 4 is 32.7 Å².